The van der Waals surface area contributed by atoms with Gasteiger partial charge in [0.05, 0.1) is 6.61 Å². The van der Waals surface area contributed by atoms with E-state index in [1.54, 1.807) is 6.92 Å². The van der Waals surface area contributed by atoms with Crippen molar-refractivity contribution < 1.29 is 23.0 Å². The molecule has 0 fully saturated rings. The zero-order valence-corrected chi connectivity index (χ0v) is 15.0. The molecule has 1 aliphatic heterocycles. The molecule has 1 aromatic carbocycles. The van der Waals surface area contributed by atoms with Crippen LogP contribution in [-0.2, 0) is 11.2 Å². The normalized spacial score (nSPS) is 16.2. The maximum Gasteiger partial charge on any atom is 0.357 e. The second-order valence-electron chi connectivity index (χ2n) is 6.62. The number of fused-ring (bicyclic) bond motifs is 1. The van der Waals surface area contributed by atoms with Gasteiger partial charge in [-0.2, -0.15) is 0 Å². The number of ether oxygens (including phenoxy) is 2. The lowest BCUT2D eigenvalue weighted by molar-refractivity contribution is 0.0515. The lowest BCUT2D eigenvalue weighted by Crippen LogP contribution is -2.29. The predicted molar refractivity (Wildman–Crippen MR) is 93.1 cm³/mol. The Bertz CT molecular complexity index is 836. The maximum absolute atomic E-state index is 14.4. The number of carbonyl (C=O) groups is 1. The minimum atomic E-state index is -0.695. The Labute approximate surface area is 151 Å². The summed E-state index contributed by atoms with van der Waals surface area (Å²) in [6.45, 7) is 5.99. The summed E-state index contributed by atoms with van der Waals surface area (Å²) in [5.41, 5.74) is 1.47. The van der Waals surface area contributed by atoms with E-state index in [4.69, 9.17) is 9.47 Å². The van der Waals surface area contributed by atoms with E-state index in [1.807, 2.05) is 13.8 Å². The van der Waals surface area contributed by atoms with Gasteiger partial charge in [-0.25, -0.2) is 18.6 Å². The summed E-state index contributed by atoms with van der Waals surface area (Å²) in [5, 5.41) is 0. The van der Waals surface area contributed by atoms with Gasteiger partial charge < -0.3 is 9.47 Å². The molecule has 0 N–H and O–H groups in total. The van der Waals surface area contributed by atoms with Crippen molar-refractivity contribution in [2.45, 2.75) is 39.7 Å². The van der Waals surface area contributed by atoms with Crippen molar-refractivity contribution in [3.8, 4) is 17.0 Å². The van der Waals surface area contributed by atoms with Crippen LogP contribution in [0.4, 0.5) is 8.78 Å². The topological polar surface area (TPSA) is 48.4 Å². The highest BCUT2D eigenvalue weighted by atomic mass is 19.1. The van der Waals surface area contributed by atoms with Crippen molar-refractivity contribution in [2.24, 2.45) is 5.92 Å². The maximum atomic E-state index is 14.4. The van der Waals surface area contributed by atoms with Gasteiger partial charge in [-0.15, -0.1) is 0 Å². The molecular weight excluding hydrogens is 340 g/mol. The second-order valence-corrected chi connectivity index (χ2v) is 6.62. The Morgan fingerprint density at radius 3 is 2.73 bits per heavy atom. The first kappa shape index (κ1) is 18.3. The van der Waals surface area contributed by atoms with Crippen molar-refractivity contribution in [1.29, 1.82) is 0 Å². The smallest absolute Gasteiger partial charge is 0.357 e. The molecule has 26 heavy (non-hydrogen) atoms. The van der Waals surface area contributed by atoms with Crippen molar-refractivity contribution in [3.63, 3.8) is 0 Å². The van der Waals surface area contributed by atoms with Crippen LogP contribution in [-0.4, -0.2) is 23.7 Å². The molecule has 0 bridgehead atoms. The van der Waals surface area contributed by atoms with Gasteiger partial charge in [0.1, 0.15) is 17.7 Å². The number of hydrogen-bond acceptors (Lipinski definition) is 4. The monoisotopic (exact) mass is 361 g/mol. The molecule has 3 rings (SSSR count). The number of rotatable bonds is 4. The van der Waals surface area contributed by atoms with Crippen LogP contribution in [0.25, 0.3) is 11.1 Å². The van der Waals surface area contributed by atoms with Crippen LogP contribution in [0.3, 0.4) is 0 Å². The molecular formula is C20H21F2NO3. The third kappa shape index (κ3) is 3.54. The van der Waals surface area contributed by atoms with E-state index in [-0.39, 0.29) is 29.9 Å². The largest absolute Gasteiger partial charge is 0.474 e. The summed E-state index contributed by atoms with van der Waals surface area (Å²) >= 11 is 0. The quantitative estimate of drug-likeness (QED) is 0.750. The Morgan fingerprint density at radius 1 is 1.31 bits per heavy atom. The molecule has 6 heteroatoms. The number of aromatic nitrogens is 1. The molecule has 1 aromatic heterocycles. The standard InChI is InChI=1S/C20H21F2NO3/c1-4-25-20(24)17-10-15(13-6-5-12(21)9-16(13)22)14-7-8-18(11(2)3)26-19(14)23-17/h5-6,9-11,18H,4,7-8H2,1-3H3. The molecule has 0 aliphatic carbocycles. The van der Waals surface area contributed by atoms with Gasteiger partial charge in [-0.1, -0.05) is 13.8 Å². The molecule has 0 saturated heterocycles. The molecule has 4 nitrogen and oxygen atoms in total. The van der Waals surface area contributed by atoms with Crippen molar-refractivity contribution in [1.82, 2.24) is 4.98 Å². The highest BCUT2D eigenvalue weighted by Gasteiger charge is 2.28. The van der Waals surface area contributed by atoms with E-state index in [0.29, 0.717) is 17.9 Å². The van der Waals surface area contributed by atoms with E-state index in [9.17, 15) is 13.6 Å². The van der Waals surface area contributed by atoms with Crippen LogP contribution in [0, 0.1) is 17.6 Å². The van der Waals surface area contributed by atoms with Crippen LogP contribution in [0.2, 0.25) is 0 Å². The van der Waals surface area contributed by atoms with Gasteiger partial charge in [0.2, 0.25) is 5.88 Å². The van der Waals surface area contributed by atoms with Gasteiger partial charge in [0, 0.05) is 17.2 Å². The van der Waals surface area contributed by atoms with Crippen LogP contribution < -0.4 is 4.74 Å². The van der Waals surface area contributed by atoms with Gasteiger partial charge in [-0.3, -0.25) is 0 Å². The van der Waals surface area contributed by atoms with Crippen molar-refractivity contribution >= 4 is 5.97 Å². The van der Waals surface area contributed by atoms with E-state index >= 15 is 0 Å². The number of nitrogens with zero attached hydrogens (tertiary/aromatic N) is 1. The average molecular weight is 361 g/mol. The third-order valence-corrected chi connectivity index (χ3v) is 4.48. The zero-order valence-electron chi connectivity index (χ0n) is 15.0. The number of benzene rings is 1. The van der Waals surface area contributed by atoms with Crippen molar-refractivity contribution in [3.05, 3.63) is 47.2 Å². The van der Waals surface area contributed by atoms with E-state index < -0.39 is 17.6 Å². The number of halogens is 2. The average Bonchev–Trinajstić information content (AvgIpc) is 2.60. The molecule has 0 saturated carbocycles. The van der Waals surface area contributed by atoms with Gasteiger partial charge in [0.15, 0.2) is 5.69 Å². The Kier molecular flexibility index (Phi) is 5.20. The molecule has 1 atom stereocenters. The van der Waals surface area contributed by atoms with Gasteiger partial charge >= 0.3 is 5.97 Å². The molecule has 1 unspecified atom stereocenters. The number of pyridine rings is 1. The molecule has 0 amide bonds. The van der Waals surface area contributed by atoms with Crippen molar-refractivity contribution in [2.75, 3.05) is 6.61 Å². The first-order valence-corrected chi connectivity index (χ1v) is 8.73. The highest BCUT2D eigenvalue weighted by Crippen LogP contribution is 2.37. The summed E-state index contributed by atoms with van der Waals surface area (Å²) in [4.78, 5) is 16.5. The summed E-state index contributed by atoms with van der Waals surface area (Å²) in [5.74, 6) is -1.36. The second kappa shape index (κ2) is 7.40. The molecule has 138 valence electrons. The first-order valence-electron chi connectivity index (χ1n) is 8.73. The SMILES string of the molecule is CCOC(=O)c1cc(-c2ccc(F)cc2F)c2c(n1)OC(C(C)C)CC2. The predicted octanol–water partition coefficient (Wildman–Crippen LogP) is 4.55. The van der Waals surface area contributed by atoms with E-state index in [1.165, 1.54) is 18.2 Å². The van der Waals surface area contributed by atoms with Crippen LogP contribution in [0.5, 0.6) is 5.88 Å². The molecule has 0 radical (unpaired) electrons. The molecule has 2 heterocycles. The Balaban J connectivity index is 2.15. The van der Waals surface area contributed by atoms with Gasteiger partial charge in [-0.05, 0) is 49.4 Å². The lowest BCUT2D eigenvalue weighted by atomic mass is 9.91. The van der Waals surface area contributed by atoms with Crippen LogP contribution >= 0.6 is 0 Å². The zero-order chi connectivity index (χ0) is 18.8. The fourth-order valence-corrected chi connectivity index (χ4v) is 3.10. The molecule has 1 aliphatic rings. The minimum absolute atomic E-state index is 0.0293. The number of carbonyl (C=O) groups excluding carboxylic acids is 1. The first-order chi connectivity index (χ1) is 12.4. The highest BCUT2D eigenvalue weighted by molar-refractivity contribution is 5.90. The van der Waals surface area contributed by atoms with E-state index in [2.05, 4.69) is 4.98 Å². The minimum Gasteiger partial charge on any atom is -0.474 e. The fraction of sp³-hybridized carbons (Fsp3) is 0.400. The number of esters is 1. The summed E-state index contributed by atoms with van der Waals surface area (Å²) in [6, 6.07) is 4.87. The lowest BCUT2D eigenvalue weighted by Gasteiger charge is -2.29. The van der Waals surface area contributed by atoms with Crippen LogP contribution in [0.1, 0.15) is 43.2 Å². The summed E-state index contributed by atoms with van der Waals surface area (Å²) in [6.07, 6.45) is 1.37. The molecule has 2 aromatic rings. The van der Waals surface area contributed by atoms with E-state index in [0.717, 1.165) is 18.1 Å². The number of hydrogen-bond donors (Lipinski definition) is 0. The Hall–Kier alpha value is -2.50. The third-order valence-electron chi connectivity index (χ3n) is 4.48. The van der Waals surface area contributed by atoms with Crippen LogP contribution in [0.15, 0.2) is 24.3 Å². The summed E-state index contributed by atoms with van der Waals surface area (Å²) in [7, 11) is 0. The molecule has 0 spiro atoms. The fourth-order valence-electron chi connectivity index (χ4n) is 3.10. The van der Waals surface area contributed by atoms with Gasteiger partial charge in [0.25, 0.3) is 0 Å². The summed E-state index contributed by atoms with van der Waals surface area (Å²) < 4.78 is 38.7. The Morgan fingerprint density at radius 2 is 2.08 bits per heavy atom.